The van der Waals surface area contributed by atoms with E-state index in [1.54, 1.807) is 6.07 Å². The van der Waals surface area contributed by atoms with Gasteiger partial charge in [0.15, 0.2) is 0 Å². The second-order valence-electron chi connectivity index (χ2n) is 4.74. The van der Waals surface area contributed by atoms with Gasteiger partial charge < -0.3 is 0 Å². The smallest absolute Gasteiger partial charge is 0.139 e. The van der Waals surface area contributed by atoms with Gasteiger partial charge in [0.2, 0.25) is 0 Å². The average Bonchev–Trinajstić information content (AvgIpc) is 2.75. The van der Waals surface area contributed by atoms with Crippen LogP contribution in [0.15, 0.2) is 39.3 Å². The molecule has 0 aliphatic rings. The molecule has 3 aromatic rings. The van der Waals surface area contributed by atoms with Gasteiger partial charge in [-0.2, -0.15) is 0 Å². The maximum Gasteiger partial charge on any atom is 0.139 e. The molecule has 0 atom stereocenters. The molecule has 0 spiro atoms. The van der Waals surface area contributed by atoms with Crippen molar-refractivity contribution in [2.24, 2.45) is 0 Å². The highest BCUT2D eigenvalue weighted by molar-refractivity contribution is 9.10. The summed E-state index contributed by atoms with van der Waals surface area (Å²) in [7, 11) is 0. The Hall–Kier alpha value is -0.910. The highest BCUT2D eigenvalue weighted by Crippen LogP contribution is 2.29. The molecule has 0 radical (unpaired) electrons. The third-order valence-corrected chi connectivity index (χ3v) is 4.48. The molecule has 0 saturated heterocycles. The van der Waals surface area contributed by atoms with Crippen molar-refractivity contribution in [1.82, 2.24) is 9.55 Å². The van der Waals surface area contributed by atoms with Crippen molar-refractivity contribution in [3.8, 4) is 5.69 Å². The van der Waals surface area contributed by atoms with Gasteiger partial charge in [0, 0.05) is 16.2 Å². The zero-order chi connectivity index (χ0) is 15.1. The van der Waals surface area contributed by atoms with Crippen LogP contribution in [0.2, 0.25) is 0 Å². The van der Waals surface area contributed by atoms with Gasteiger partial charge in [-0.3, -0.25) is 4.57 Å². The van der Waals surface area contributed by atoms with Crippen LogP contribution in [-0.2, 0) is 5.88 Å². The van der Waals surface area contributed by atoms with Crippen molar-refractivity contribution in [2.45, 2.75) is 12.8 Å². The predicted octanol–water partition coefficient (Wildman–Crippen LogP) is 5.74. The van der Waals surface area contributed by atoms with Crippen molar-refractivity contribution >= 4 is 54.5 Å². The monoisotopic (exact) mass is 430 g/mol. The minimum Gasteiger partial charge on any atom is -0.295 e. The van der Waals surface area contributed by atoms with Crippen LogP contribution < -0.4 is 0 Å². The van der Waals surface area contributed by atoms with Gasteiger partial charge in [-0.15, -0.1) is 11.6 Å². The van der Waals surface area contributed by atoms with E-state index in [9.17, 15) is 4.39 Å². The Morgan fingerprint density at radius 1 is 1.19 bits per heavy atom. The van der Waals surface area contributed by atoms with Gasteiger partial charge in [0.25, 0.3) is 0 Å². The minimum absolute atomic E-state index is 0.249. The first-order chi connectivity index (χ1) is 9.99. The SMILES string of the molecule is Cc1cc(Br)cc(-n2c(CCl)nc3cc(F)c(Br)cc32)c1. The largest absolute Gasteiger partial charge is 0.295 e. The van der Waals surface area contributed by atoms with E-state index in [2.05, 4.69) is 36.8 Å². The summed E-state index contributed by atoms with van der Waals surface area (Å²) in [5.74, 6) is 0.597. The van der Waals surface area contributed by atoms with E-state index in [0.29, 0.717) is 15.8 Å². The Kier molecular flexibility index (Phi) is 4.08. The quantitative estimate of drug-likeness (QED) is 0.473. The molecule has 0 aliphatic heterocycles. The molecule has 0 saturated carbocycles. The fourth-order valence-corrected chi connectivity index (χ4v) is 3.45. The number of nitrogens with zero attached hydrogens (tertiary/aromatic N) is 2. The Morgan fingerprint density at radius 3 is 2.62 bits per heavy atom. The highest BCUT2D eigenvalue weighted by Gasteiger charge is 2.15. The molecule has 2 aromatic carbocycles. The number of alkyl halides is 1. The van der Waals surface area contributed by atoms with E-state index in [1.807, 2.05) is 29.7 Å². The van der Waals surface area contributed by atoms with Crippen molar-refractivity contribution in [3.63, 3.8) is 0 Å². The number of benzene rings is 2. The summed E-state index contributed by atoms with van der Waals surface area (Å²) in [5.41, 5.74) is 3.46. The molecule has 0 unspecified atom stereocenters. The topological polar surface area (TPSA) is 17.8 Å². The number of aromatic nitrogens is 2. The lowest BCUT2D eigenvalue weighted by molar-refractivity contribution is 0.623. The molecule has 2 nitrogen and oxygen atoms in total. The zero-order valence-electron chi connectivity index (χ0n) is 11.0. The van der Waals surface area contributed by atoms with Crippen LogP contribution >= 0.6 is 43.5 Å². The molecule has 0 bridgehead atoms. The van der Waals surface area contributed by atoms with Crippen molar-refractivity contribution in [2.75, 3.05) is 0 Å². The van der Waals surface area contributed by atoms with Crippen LogP contribution in [-0.4, -0.2) is 9.55 Å². The lowest BCUT2D eigenvalue weighted by Gasteiger charge is -2.10. The van der Waals surface area contributed by atoms with E-state index in [0.717, 1.165) is 21.2 Å². The molecule has 0 N–H and O–H groups in total. The standard InChI is InChI=1S/C15H10Br2ClFN2/c1-8-2-9(16)4-10(3-8)21-14-5-11(17)12(19)6-13(14)20-15(21)7-18/h2-6H,7H2,1H3. The number of imidazole rings is 1. The number of halogens is 4. The Balaban J connectivity index is 2.36. The first-order valence-corrected chi connectivity index (χ1v) is 8.31. The molecule has 0 aliphatic carbocycles. The van der Waals surface area contributed by atoms with E-state index in [4.69, 9.17) is 11.6 Å². The van der Waals surface area contributed by atoms with Crippen LogP contribution in [0.5, 0.6) is 0 Å². The second kappa shape index (κ2) is 5.71. The number of rotatable bonds is 2. The van der Waals surface area contributed by atoms with Crippen LogP contribution in [0.25, 0.3) is 16.7 Å². The lowest BCUT2D eigenvalue weighted by atomic mass is 10.2. The van der Waals surface area contributed by atoms with E-state index in [1.165, 1.54) is 6.07 Å². The third-order valence-electron chi connectivity index (χ3n) is 3.17. The van der Waals surface area contributed by atoms with Gasteiger partial charge in [-0.25, -0.2) is 9.37 Å². The molecule has 21 heavy (non-hydrogen) atoms. The average molecular weight is 433 g/mol. The maximum atomic E-state index is 13.7. The van der Waals surface area contributed by atoms with Crippen molar-refractivity contribution < 1.29 is 4.39 Å². The Morgan fingerprint density at radius 2 is 1.95 bits per heavy atom. The first kappa shape index (κ1) is 15.0. The number of aryl methyl sites for hydroxylation is 1. The normalized spacial score (nSPS) is 11.3. The summed E-state index contributed by atoms with van der Waals surface area (Å²) in [4.78, 5) is 4.42. The van der Waals surface area contributed by atoms with Crippen LogP contribution in [0.1, 0.15) is 11.4 Å². The highest BCUT2D eigenvalue weighted by atomic mass is 79.9. The summed E-state index contributed by atoms with van der Waals surface area (Å²) in [6, 6.07) is 9.19. The first-order valence-electron chi connectivity index (χ1n) is 6.19. The number of hydrogen-bond donors (Lipinski definition) is 0. The molecule has 1 heterocycles. The van der Waals surface area contributed by atoms with Crippen molar-refractivity contribution in [3.05, 3.63) is 56.5 Å². The Bertz CT molecular complexity index is 825. The number of fused-ring (bicyclic) bond motifs is 1. The third kappa shape index (κ3) is 2.74. The van der Waals surface area contributed by atoms with Crippen LogP contribution in [0, 0.1) is 12.7 Å². The molecule has 0 fully saturated rings. The minimum atomic E-state index is -0.335. The molecular formula is C15H10Br2ClFN2. The van der Waals surface area contributed by atoms with Gasteiger partial charge in [0.05, 0.1) is 21.4 Å². The lowest BCUT2D eigenvalue weighted by Crippen LogP contribution is -2.00. The summed E-state index contributed by atoms with van der Waals surface area (Å²) in [6.07, 6.45) is 0. The summed E-state index contributed by atoms with van der Waals surface area (Å²) < 4.78 is 17.0. The zero-order valence-corrected chi connectivity index (χ0v) is 14.9. The maximum absolute atomic E-state index is 13.7. The van der Waals surface area contributed by atoms with Gasteiger partial charge >= 0.3 is 0 Å². The van der Waals surface area contributed by atoms with Crippen LogP contribution in [0.3, 0.4) is 0 Å². The molecule has 1 aromatic heterocycles. The molecular weight excluding hydrogens is 422 g/mol. The van der Waals surface area contributed by atoms with Gasteiger partial charge in [0.1, 0.15) is 11.6 Å². The van der Waals surface area contributed by atoms with Crippen LogP contribution in [0.4, 0.5) is 4.39 Å². The summed E-state index contributed by atoms with van der Waals surface area (Å²) in [5, 5.41) is 0. The predicted molar refractivity (Wildman–Crippen MR) is 90.7 cm³/mol. The van der Waals surface area contributed by atoms with E-state index < -0.39 is 0 Å². The summed E-state index contributed by atoms with van der Waals surface area (Å²) in [6.45, 7) is 2.02. The fourth-order valence-electron chi connectivity index (χ4n) is 2.35. The molecule has 6 heteroatoms. The summed E-state index contributed by atoms with van der Waals surface area (Å²) >= 11 is 12.7. The number of hydrogen-bond acceptors (Lipinski definition) is 1. The van der Waals surface area contributed by atoms with E-state index in [-0.39, 0.29) is 11.7 Å². The van der Waals surface area contributed by atoms with Gasteiger partial charge in [-0.05, 0) is 52.7 Å². The van der Waals surface area contributed by atoms with E-state index >= 15 is 0 Å². The fraction of sp³-hybridized carbons (Fsp3) is 0.133. The molecule has 0 amide bonds. The Labute approximate surface area is 143 Å². The van der Waals surface area contributed by atoms with Crippen molar-refractivity contribution in [1.29, 1.82) is 0 Å². The molecule has 3 rings (SSSR count). The van der Waals surface area contributed by atoms with Gasteiger partial charge in [-0.1, -0.05) is 15.9 Å². The second-order valence-corrected chi connectivity index (χ2v) is 6.78. The molecule has 108 valence electrons.